The zero-order chi connectivity index (χ0) is 13.1. The average molecular weight is 243 g/mol. The summed E-state index contributed by atoms with van der Waals surface area (Å²) in [5, 5.41) is 3.59. The van der Waals surface area contributed by atoms with Gasteiger partial charge in [-0.05, 0) is 26.7 Å². The van der Waals surface area contributed by atoms with E-state index in [2.05, 4.69) is 37.9 Å². The highest BCUT2D eigenvalue weighted by atomic mass is 15.2. The molecule has 0 fully saturated rings. The van der Waals surface area contributed by atoms with Crippen molar-refractivity contribution in [3.63, 3.8) is 0 Å². The lowest BCUT2D eigenvalue weighted by Crippen LogP contribution is -2.42. The Morgan fingerprint density at radius 2 is 1.71 bits per heavy atom. The van der Waals surface area contributed by atoms with E-state index < -0.39 is 0 Å². The minimum atomic E-state index is 0.640. The minimum Gasteiger partial charge on any atom is -0.329 e. The molecule has 0 aromatic rings. The van der Waals surface area contributed by atoms with Crippen LogP contribution in [0.2, 0.25) is 0 Å². The second kappa shape index (κ2) is 11.0. The molecule has 0 radical (unpaired) electrons. The van der Waals surface area contributed by atoms with Gasteiger partial charge in [0.25, 0.3) is 0 Å². The van der Waals surface area contributed by atoms with Gasteiger partial charge in [-0.25, -0.2) is 0 Å². The Bertz CT molecular complexity index is 162. The summed E-state index contributed by atoms with van der Waals surface area (Å²) >= 11 is 0. The summed E-state index contributed by atoms with van der Waals surface area (Å²) in [6, 6.07) is 1.30. The fourth-order valence-corrected chi connectivity index (χ4v) is 2.31. The van der Waals surface area contributed by atoms with Crippen molar-refractivity contribution >= 4 is 0 Å². The predicted molar refractivity (Wildman–Crippen MR) is 77.4 cm³/mol. The van der Waals surface area contributed by atoms with Gasteiger partial charge >= 0.3 is 0 Å². The molecular formula is C14H33N3. The van der Waals surface area contributed by atoms with Crippen LogP contribution in [0.5, 0.6) is 0 Å². The largest absolute Gasteiger partial charge is 0.329 e. The van der Waals surface area contributed by atoms with Gasteiger partial charge in [0, 0.05) is 38.3 Å². The maximum atomic E-state index is 5.68. The van der Waals surface area contributed by atoms with Crippen molar-refractivity contribution in [1.82, 2.24) is 10.2 Å². The lowest BCUT2D eigenvalue weighted by molar-refractivity contribution is 0.202. The second-order valence-electron chi connectivity index (χ2n) is 5.11. The van der Waals surface area contributed by atoms with Gasteiger partial charge in [-0.2, -0.15) is 0 Å². The van der Waals surface area contributed by atoms with Gasteiger partial charge in [-0.3, -0.25) is 4.90 Å². The van der Waals surface area contributed by atoms with Gasteiger partial charge in [0.2, 0.25) is 0 Å². The van der Waals surface area contributed by atoms with Crippen molar-refractivity contribution in [3.8, 4) is 0 Å². The number of hydrogen-bond acceptors (Lipinski definition) is 3. The van der Waals surface area contributed by atoms with Gasteiger partial charge in [0.1, 0.15) is 0 Å². The highest BCUT2D eigenvalue weighted by Crippen LogP contribution is 2.05. The van der Waals surface area contributed by atoms with Crippen LogP contribution in [-0.4, -0.2) is 43.2 Å². The molecule has 17 heavy (non-hydrogen) atoms. The van der Waals surface area contributed by atoms with Crippen LogP contribution in [0.3, 0.4) is 0 Å². The van der Waals surface area contributed by atoms with Crippen molar-refractivity contribution in [2.45, 2.75) is 65.5 Å². The van der Waals surface area contributed by atoms with E-state index in [1.807, 2.05) is 0 Å². The highest BCUT2D eigenvalue weighted by molar-refractivity contribution is 4.69. The van der Waals surface area contributed by atoms with E-state index in [0.717, 1.165) is 26.2 Å². The molecule has 3 N–H and O–H groups in total. The predicted octanol–water partition coefficient (Wildman–Crippen LogP) is 2.21. The highest BCUT2D eigenvalue weighted by Gasteiger charge is 2.11. The van der Waals surface area contributed by atoms with Crippen LogP contribution >= 0.6 is 0 Å². The number of nitrogens with one attached hydrogen (secondary N) is 1. The van der Waals surface area contributed by atoms with Gasteiger partial charge < -0.3 is 11.1 Å². The fraction of sp³-hybridized carbons (Fsp3) is 1.00. The molecule has 0 saturated carbocycles. The molecule has 3 heteroatoms. The summed E-state index contributed by atoms with van der Waals surface area (Å²) < 4.78 is 0. The lowest BCUT2D eigenvalue weighted by Gasteiger charge is -2.29. The van der Waals surface area contributed by atoms with Gasteiger partial charge in [0.05, 0.1) is 0 Å². The molecule has 0 aromatic heterocycles. The third-order valence-electron chi connectivity index (χ3n) is 3.36. The monoisotopic (exact) mass is 243 g/mol. The smallest absolute Gasteiger partial charge is 0.0110 e. The molecule has 0 amide bonds. The number of rotatable bonds is 11. The van der Waals surface area contributed by atoms with E-state index in [1.165, 1.54) is 25.7 Å². The Morgan fingerprint density at radius 1 is 1.06 bits per heavy atom. The number of nitrogens with two attached hydrogens (primary N) is 1. The lowest BCUT2D eigenvalue weighted by atomic mass is 10.1. The van der Waals surface area contributed by atoms with Gasteiger partial charge in [-0.15, -0.1) is 0 Å². The van der Waals surface area contributed by atoms with Crippen LogP contribution in [0.25, 0.3) is 0 Å². The summed E-state index contributed by atoms with van der Waals surface area (Å²) in [4.78, 5) is 2.51. The average Bonchev–Trinajstić information content (AvgIpc) is 2.28. The Kier molecular flexibility index (Phi) is 10.9. The van der Waals surface area contributed by atoms with E-state index in [1.54, 1.807) is 0 Å². The molecular weight excluding hydrogens is 210 g/mol. The molecule has 0 spiro atoms. The van der Waals surface area contributed by atoms with E-state index in [4.69, 9.17) is 5.73 Å². The zero-order valence-corrected chi connectivity index (χ0v) is 12.3. The fourth-order valence-electron chi connectivity index (χ4n) is 2.31. The molecule has 3 nitrogen and oxygen atoms in total. The topological polar surface area (TPSA) is 41.3 Å². The molecule has 0 heterocycles. The number of nitrogens with zero attached hydrogens (tertiary/aromatic N) is 1. The first-order valence-corrected chi connectivity index (χ1v) is 7.33. The molecule has 104 valence electrons. The molecule has 0 aliphatic heterocycles. The van der Waals surface area contributed by atoms with E-state index in [-0.39, 0.29) is 0 Å². The van der Waals surface area contributed by atoms with Crippen molar-refractivity contribution in [1.29, 1.82) is 0 Å². The molecule has 0 saturated heterocycles. The molecule has 0 aliphatic carbocycles. The van der Waals surface area contributed by atoms with Crippen LogP contribution in [0.1, 0.15) is 53.4 Å². The van der Waals surface area contributed by atoms with Crippen LogP contribution < -0.4 is 11.1 Å². The summed E-state index contributed by atoms with van der Waals surface area (Å²) in [5.41, 5.74) is 5.68. The molecule has 2 atom stereocenters. The molecule has 0 aliphatic rings. The van der Waals surface area contributed by atoms with Crippen molar-refractivity contribution in [2.24, 2.45) is 5.73 Å². The maximum Gasteiger partial charge on any atom is 0.0110 e. The van der Waals surface area contributed by atoms with Crippen molar-refractivity contribution in [3.05, 3.63) is 0 Å². The van der Waals surface area contributed by atoms with Crippen LogP contribution in [-0.2, 0) is 0 Å². The van der Waals surface area contributed by atoms with Gasteiger partial charge in [0.15, 0.2) is 0 Å². The number of hydrogen-bond donors (Lipinski definition) is 2. The first-order valence-electron chi connectivity index (χ1n) is 7.33. The molecule has 2 unspecified atom stereocenters. The first-order chi connectivity index (χ1) is 8.15. The quantitative estimate of drug-likeness (QED) is 0.584. The van der Waals surface area contributed by atoms with E-state index in [9.17, 15) is 0 Å². The van der Waals surface area contributed by atoms with Crippen LogP contribution in [0.15, 0.2) is 0 Å². The van der Waals surface area contributed by atoms with E-state index in [0.29, 0.717) is 12.1 Å². The Labute approximate surface area is 108 Å². The van der Waals surface area contributed by atoms with Crippen molar-refractivity contribution in [2.75, 3.05) is 26.2 Å². The third kappa shape index (κ3) is 8.58. The minimum absolute atomic E-state index is 0.640. The Balaban J connectivity index is 3.83. The zero-order valence-electron chi connectivity index (χ0n) is 12.3. The first kappa shape index (κ1) is 16.9. The van der Waals surface area contributed by atoms with E-state index >= 15 is 0 Å². The SMILES string of the molecule is CCCC(C)NCCN(CCN)C(C)CCC. The normalized spacial score (nSPS) is 15.2. The summed E-state index contributed by atoms with van der Waals surface area (Å²) in [6.45, 7) is 13.0. The second-order valence-corrected chi connectivity index (χ2v) is 5.11. The standard InChI is InChI=1S/C14H33N3/c1-5-7-13(3)16-10-12-17(11-9-15)14(4)8-6-2/h13-14,16H,5-12,15H2,1-4H3. The summed E-state index contributed by atoms with van der Waals surface area (Å²) in [7, 11) is 0. The Hall–Kier alpha value is -0.120. The van der Waals surface area contributed by atoms with Crippen LogP contribution in [0, 0.1) is 0 Å². The molecule has 0 rings (SSSR count). The maximum absolute atomic E-state index is 5.68. The van der Waals surface area contributed by atoms with Crippen molar-refractivity contribution < 1.29 is 0 Å². The van der Waals surface area contributed by atoms with Crippen LogP contribution in [0.4, 0.5) is 0 Å². The summed E-state index contributed by atoms with van der Waals surface area (Å²) in [5.74, 6) is 0. The van der Waals surface area contributed by atoms with Gasteiger partial charge in [-0.1, -0.05) is 26.7 Å². The Morgan fingerprint density at radius 3 is 2.24 bits per heavy atom. The summed E-state index contributed by atoms with van der Waals surface area (Å²) in [6.07, 6.45) is 5.04. The molecule has 0 bridgehead atoms. The molecule has 0 aromatic carbocycles. The third-order valence-corrected chi connectivity index (χ3v) is 3.36.